The highest BCUT2D eigenvalue weighted by Crippen LogP contribution is 2.16. The normalized spacial score (nSPS) is 11.9. The molecule has 0 aliphatic rings. The smallest absolute Gasteiger partial charge is 0.251 e. The van der Waals surface area contributed by atoms with Crippen LogP contribution in [0.4, 0.5) is 4.39 Å². The van der Waals surface area contributed by atoms with E-state index in [9.17, 15) is 14.0 Å². The number of carbonyl (C=O) groups is 2. The number of halogens is 1. The number of hydrogen-bond donors (Lipinski definition) is 2. The van der Waals surface area contributed by atoms with E-state index >= 15 is 0 Å². The van der Waals surface area contributed by atoms with Crippen LogP contribution in [-0.4, -0.2) is 17.9 Å². The van der Waals surface area contributed by atoms with Gasteiger partial charge in [-0.1, -0.05) is 42.5 Å². The quantitative estimate of drug-likeness (QED) is 0.752. The highest BCUT2D eigenvalue weighted by atomic mass is 19.1. The first-order chi connectivity index (χ1) is 12.0. The molecule has 3 rings (SSSR count). The summed E-state index contributed by atoms with van der Waals surface area (Å²) in [7, 11) is 0. The minimum absolute atomic E-state index is 0.203. The Morgan fingerprint density at radius 3 is 2.32 bits per heavy atom. The summed E-state index contributed by atoms with van der Waals surface area (Å²) in [5.41, 5.74) is 6.56. The summed E-state index contributed by atoms with van der Waals surface area (Å²) in [6, 6.07) is 17.9. The molecule has 0 aromatic heterocycles. The Morgan fingerprint density at radius 1 is 0.960 bits per heavy atom. The van der Waals surface area contributed by atoms with Gasteiger partial charge in [-0.2, -0.15) is 0 Å². The molecule has 0 saturated carbocycles. The van der Waals surface area contributed by atoms with Gasteiger partial charge in [0.1, 0.15) is 11.9 Å². The van der Waals surface area contributed by atoms with E-state index < -0.39 is 11.9 Å². The van der Waals surface area contributed by atoms with Crippen LogP contribution in [0, 0.1) is 5.82 Å². The van der Waals surface area contributed by atoms with Crippen LogP contribution in [0.3, 0.4) is 0 Å². The Labute approximate surface area is 144 Å². The van der Waals surface area contributed by atoms with Gasteiger partial charge < -0.3 is 11.1 Å². The summed E-state index contributed by atoms with van der Waals surface area (Å²) >= 11 is 0. The summed E-state index contributed by atoms with van der Waals surface area (Å²) in [6.45, 7) is 0. The minimum Gasteiger partial charge on any atom is -0.368 e. The van der Waals surface area contributed by atoms with Gasteiger partial charge in [-0.05, 0) is 40.6 Å². The van der Waals surface area contributed by atoms with Gasteiger partial charge in [-0.3, -0.25) is 9.59 Å². The van der Waals surface area contributed by atoms with Crippen molar-refractivity contribution < 1.29 is 14.0 Å². The largest absolute Gasteiger partial charge is 0.368 e. The maximum atomic E-state index is 13.0. The van der Waals surface area contributed by atoms with Crippen molar-refractivity contribution in [1.82, 2.24) is 5.32 Å². The van der Waals surface area contributed by atoms with Crippen LogP contribution >= 0.6 is 0 Å². The number of hydrogen-bond acceptors (Lipinski definition) is 2. The number of carbonyl (C=O) groups excluding carboxylic acids is 2. The fraction of sp³-hybridized carbons (Fsp3) is 0.100. The number of nitrogens with two attached hydrogens (primary N) is 1. The number of amides is 2. The van der Waals surface area contributed by atoms with Gasteiger partial charge in [-0.25, -0.2) is 4.39 Å². The van der Waals surface area contributed by atoms with E-state index in [1.807, 2.05) is 30.3 Å². The highest BCUT2D eigenvalue weighted by Gasteiger charge is 2.19. The summed E-state index contributed by atoms with van der Waals surface area (Å²) in [5.74, 6) is -1.38. The van der Waals surface area contributed by atoms with Crippen molar-refractivity contribution in [2.24, 2.45) is 5.73 Å². The molecule has 0 saturated heterocycles. The second kappa shape index (κ2) is 7.13. The van der Waals surface area contributed by atoms with E-state index in [0.717, 1.165) is 10.8 Å². The number of primary amides is 1. The van der Waals surface area contributed by atoms with Gasteiger partial charge in [0.05, 0.1) is 0 Å². The Morgan fingerprint density at radius 2 is 1.64 bits per heavy atom. The topological polar surface area (TPSA) is 72.2 Å². The first kappa shape index (κ1) is 16.6. The number of benzene rings is 3. The summed E-state index contributed by atoms with van der Waals surface area (Å²) in [5, 5.41) is 4.61. The first-order valence-electron chi connectivity index (χ1n) is 7.86. The molecular weight excluding hydrogens is 319 g/mol. The van der Waals surface area contributed by atoms with E-state index in [2.05, 4.69) is 5.32 Å². The first-order valence-corrected chi connectivity index (χ1v) is 7.86. The average molecular weight is 336 g/mol. The van der Waals surface area contributed by atoms with Gasteiger partial charge in [0, 0.05) is 12.0 Å². The predicted molar refractivity (Wildman–Crippen MR) is 94.5 cm³/mol. The lowest BCUT2D eigenvalue weighted by atomic mass is 10.0. The zero-order chi connectivity index (χ0) is 17.8. The molecule has 4 nitrogen and oxygen atoms in total. The van der Waals surface area contributed by atoms with Crippen LogP contribution in [0.15, 0.2) is 66.7 Å². The number of rotatable bonds is 5. The maximum Gasteiger partial charge on any atom is 0.251 e. The average Bonchev–Trinajstić information content (AvgIpc) is 2.62. The van der Waals surface area contributed by atoms with E-state index in [1.165, 1.54) is 12.1 Å². The molecular formula is C20H17FN2O2. The summed E-state index contributed by atoms with van der Waals surface area (Å²) in [6.07, 6.45) is 0.203. The van der Waals surface area contributed by atoms with Gasteiger partial charge in [0.15, 0.2) is 0 Å². The highest BCUT2D eigenvalue weighted by molar-refractivity contribution is 6.00. The van der Waals surface area contributed by atoms with E-state index in [-0.39, 0.29) is 18.1 Å². The second-order valence-corrected chi connectivity index (χ2v) is 5.82. The molecule has 0 radical (unpaired) electrons. The van der Waals surface area contributed by atoms with Gasteiger partial charge in [0.2, 0.25) is 5.91 Å². The Bertz CT molecular complexity index is 922. The van der Waals surface area contributed by atoms with Crippen LogP contribution < -0.4 is 11.1 Å². The van der Waals surface area contributed by atoms with Crippen molar-refractivity contribution in [2.45, 2.75) is 12.5 Å². The molecule has 1 atom stereocenters. The lowest BCUT2D eigenvalue weighted by molar-refractivity contribution is -0.119. The predicted octanol–water partition coefficient (Wildman–Crippen LogP) is 2.81. The van der Waals surface area contributed by atoms with Crippen LogP contribution in [0.2, 0.25) is 0 Å². The molecule has 3 aromatic carbocycles. The van der Waals surface area contributed by atoms with Crippen LogP contribution in [-0.2, 0) is 11.2 Å². The van der Waals surface area contributed by atoms with Crippen molar-refractivity contribution >= 4 is 22.6 Å². The monoisotopic (exact) mass is 336 g/mol. The van der Waals surface area contributed by atoms with Gasteiger partial charge in [-0.15, -0.1) is 0 Å². The molecule has 3 aromatic rings. The molecule has 5 heteroatoms. The fourth-order valence-electron chi connectivity index (χ4n) is 2.65. The summed E-state index contributed by atoms with van der Waals surface area (Å²) in [4.78, 5) is 24.2. The third-order valence-electron chi connectivity index (χ3n) is 4.01. The standard InChI is InChI=1S/C20H17FN2O2/c21-17-9-5-13(6-10-17)11-18(19(22)24)23-20(25)16-8-7-14-3-1-2-4-15(14)12-16/h1-10,12,18H,11H2,(H2,22,24)(H,23,25)/t18-/m1/s1. The Hall–Kier alpha value is -3.21. The van der Waals surface area contributed by atoms with Crippen molar-refractivity contribution in [2.75, 3.05) is 0 Å². The molecule has 25 heavy (non-hydrogen) atoms. The third kappa shape index (κ3) is 4.01. The van der Waals surface area contributed by atoms with Crippen molar-refractivity contribution in [1.29, 1.82) is 0 Å². The molecule has 0 spiro atoms. The van der Waals surface area contributed by atoms with Gasteiger partial charge >= 0.3 is 0 Å². The lowest BCUT2D eigenvalue weighted by Gasteiger charge is -2.16. The molecule has 0 fully saturated rings. The molecule has 0 unspecified atom stereocenters. The second-order valence-electron chi connectivity index (χ2n) is 5.82. The molecule has 2 amide bonds. The molecule has 0 aliphatic carbocycles. The molecule has 0 bridgehead atoms. The van der Waals surface area contributed by atoms with E-state index in [4.69, 9.17) is 5.73 Å². The van der Waals surface area contributed by atoms with Crippen molar-refractivity contribution in [3.63, 3.8) is 0 Å². The molecule has 3 N–H and O–H groups in total. The van der Waals surface area contributed by atoms with Crippen molar-refractivity contribution in [3.8, 4) is 0 Å². The number of nitrogens with one attached hydrogen (secondary N) is 1. The molecule has 0 heterocycles. The maximum absolute atomic E-state index is 13.0. The minimum atomic E-state index is -0.871. The van der Waals surface area contributed by atoms with Crippen LogP contribution in [0.25, 0.3) is 10.8 Å². The van der Waals surface area contributed by atoms with E-state index in [0.29, 0.717) is 11.1 Å². The van der Waals surface area contributed by atoms with Crippen molar-refractivity contribution in [3.05, 3.63) is 83.7 Å². The lowest BCUT2D eigenvalue weighted by Crippen LogP contribution is -2.45. The van der Waals surface area contributed by atoms with Gasteiger partial charge in [0.25, 0.3) is 5.91 Å². The fourth-order valence-corrected chi connectivity index (χ4v) is 2.65. The zero-order valence-electron chi connectivity index (χ0n) is 13.4. The van der Waals surface area contributed by atoms with E-state index in [1.54, 1.807) is 24.3 Å². The Balaban J connectivity index is 1.77. The Kier molecular flexibility index (Phi) is 4.75. The molecule has 0 aliphatic heterocycles. The van der Waals surface area contributed by atoms with Crippen LogP contribution in [0.5, 0.6) is 0 Å². The summed E-state index contributed by atoms with van der Waals surface area (Å²) < 4.78 is 13.0. The molecule has 126 valence electrons. The number of fused-ring (bicyclic) bond motifs is 1. The zero-order valence-corrected chi connectivity index (χ0v) is 13.4. The van der Waals surface area contributed by atoms with Crippen LogP contribution in [0.1, 0.15) is 15.9 Å². The SMILES string of the molecule is NC(=O)[C@@H](Cc1ccc(F)cc1)NC(=O)c1ccc2ccccc2c1. The third-order valence-corrected chi connectivity index (χ3v) is 4.01.